The number of halogens is 3. The van der Waals surface area contributed by atoms with E-state index in [-0.39, 0.29) is 55.5 Å². The van der Waals surface area contributed by atoms with Crippen LogP contribution in [0.5, 0.6) is 6.01 Å². The van der Waals surface area contributed by atoms with Crippen molar-refractivity contribution in [2.75, 3.05) is 32.6 Å². The number of ether oxygens (including phenoxy) is 3. The first-order valence-electron chi connectivity index (χ1n) is 11.9. The summed E-state index contributed by atoms with van der Waals surface area (Å²) in [6.45, 7) is 0.559. The molecule has 0 unspecified atom stereocenters. The molecule has 6 rings (SSSR count). The molecule has 0 saturated carbocycles. The second kappa shape index (κ2) is 9.31. The third-order valence-corrected chi connectivity index (χ3v) is 8.21. The summed E-state index contributed by atoms with van der Waals surface area (Å²) in [5, 5.41) is 9.87. The maximum absolute atomic E-state index is 15.1. The van der Waals surface area contributed by atoms with Crippen LogP contribution in [0.1, 0.15) is 12.0 Å². The van der Waals surface area contributed by atoms with Crippen LogP contribution in [0, 0.1) is 17.5 Å². The second-order valence-corrected chi connectivity index (χ2v) is 11.4. The number of imidazole rings is 1. The zero-order valence-corrected chi connectivity index (χ0v) is 20.8. The van der Waals surface area contributed by atoms with Crippen molar-refractivity contribution in [3.63, 3.8) is 0 Å². The van der Waals surface area contributed by atoms with Gasteiger partial charge in [0.1, 0.15) is 35.6 Å². The van der Waals surface area contributed by atoms with Crippen LogP contribution in [0.3, 0.4) is 0 Å². The summed E-state index contributed by atoms with van der Waals surface area (Å²) in [6.07, 6.45) is 0.650. The summed E-state index contributed by atoms with van der Waals surface area (Å²) in [6, 6.07) is 3.18. The van der Waals surface area contributed by atoms with Gasteiger partial charge in [-0.3, -0.25) is 0 Å². The van der Waals surface area contributed by atoms with Crippen molar-refractivity contribution in [2.24, 2.45) is 0 Å². The van der Waals surface area contributed by atoms with Gasteiger partial charge < -0.3 is 24.3 Å². The molecule has 0 aliphatic carbocycles. The maximum Gasteiger partial charge on any atom is 0.296 e. The number of aliphatic hydroxyl groups excluding tert-OH is 1. The van der Waals surface area contributed by atoms with E-state index in [0.29, 0.717) is 5.57 Å². The van der Waals surface area contributed by atoms with E-state index < -0.39 is 63.1 Å². The van der Waals surface area contributed by atoms with E-state index in [1.54, 1.807) is 6.08 Å². The number of pyridine rings is 1. The topological polar surface area (TPSA) is 127 Å². The quantitative estimate of drug-likeness (QED) is 0.492. The monoisotopic (exact) mass is 552 g/mol. The number of aromatic nitrogens is 3. The Hall–Kier alpha value is -3.04. The summed E-state index contributed by atoms with van der Waals surface area (Å²) in [5.41, 5.74) is -0.228. The third kappa shape index (κ3) is 4.45. The normalized spacial score (nSPS) is 26.1. The third-order valence-electron chi connectivity index (χ3n) is 6.94. The van der Waals surface area contributed by atoms with Gasteiger partial charge in [-0.25, -0.2) is 26.6 Å². The van der Waals surface area contributed by atoms with Crippen molar-refractivity contribution in [1.82, 2.24) is 19.3 Å². The first-order chi connectivity index (χ1) is 18.1. The summed E-state index contributed by atoms with van der Waals surface area (Å²) in [5.74, 6) is -3.00. The molecule has 0 amide bonds. The number of H-pyrrole nitrogens is 1. The molecule has 0 bridgehead atoms. The van der Waals surface area contributed by atoms with Gasteiger partial charge in [0.25, 0.3) is 6.01 Å². The fraction of sp³-hybridized carbons (Fsp3) is 0.417. The number of benzene rings is 1. The minimum absolute atomic E-state index is 0.00745. The lowest BCUT2D eigenvalue weighted by Gasteiger charge is -2.24. The van der Waals surface area contributed by atoms with Crippen LogP contribution in [-0.4, -0.2) is 89.8 Å². The molecule has 1 aromatic carbocycles. The average Bonchev–Trinajstić information content (AvgIpc) is 3.55. The molecule has 2 fully saturated rings. The van der Waals surface area contributed by atoms with Crippen LogP contribution in [0.25, 0.3) is 28.0 Å². The number of rotatable bonds is 5. The summed E-state index contributed by atoms with van der Waals surface area (Å²) >= 11 is 0. The lowest BCUT2D eigenvalue weighted by Crippen LogP contribution is -2.34. The van der Waals surface area contributed by atoms with Gasteiger partial charge in [0.15, 0.2) is 17.6 Å². The van der Waals surface area contributed by atoms with Crippen molar-refractivity contribution >= 4 is 26.8 Å². The molecule has 2 saturated heterocycles. The molecule has 14 heteroatoms. The molecule has 3 aliphatic heterocycles. The lowest BCUT2D eigenvalue weighted by atomic mass is 9.97. The molecular weight excluding hydrogens is 529 g/mol. The Morgan fingerprint density at radius 3 is 2.50 bits per heavy atom. The van der Waals surface area contributed by atoms with Gasteiger partial charge in [-0.1, -0.05) is 6.08 Å². The van der Waals surface area contributed by atoms with E-state index >= 15 is 8.78 Å². The molecule has 10 nitrogen and oxygen atoms in total. The van der Waals surface area contributed by atoms with Crippen LogP contribution in [-0.2, 0) is 19.5 Å². The number of hydrogen-bond acceptors (Lipinski definition) is 8. The molecule has 5 heterocycles. The molecule has 3 aromatic rings. The van der Waals surface area contributed by atoms with Gasteiger partial charge in [0.2, 0.25) is 10.0 Å². The summed E-state index contributed by atoms with van der Waals surface area (Å²) < 4.78 is 86.8. The minimum atomic E-state index is -3.37. The predicted molar refractivity (Wildman–Crippen MR) is 128 cm³/mol. The van der Waals surface area contributed by atoms with Crippen LogP contribution in [0.2, 0.25) is 0 Å². The van der Waals surface area contributed by atoms with Gasteiger partial charge in [-0.05, 0) is 29.7 Å². The van der Waals surface area contributed by atoms with E-state index in [1.165, 1.54) is 4.31 Å². The van der Waals surface area contributed by atoms with E-state index in [2.05, 4.69) is 15.0 Å². The number of nitrogens with one attached hydrogen (secondary N) is 1. The van der Waals surface area contributed by atoms with E-state index in [0.717, 1.165) is 24.5 Å². The summed E-state index contributed by atoms with van der Waals surface area (Å²) in [4.78, 5) is 11.0. The molecule has 3 aliphatic rings. The zero-order chi connectivity index (χ0) is 26.8. The number of fused-ring (bicyclic) bond motifs is 2. The molecule has 0 radical (unpaired) electrons. The van der Waals surface area contributed by atoms with Gasteiger partial charge in [-0.2, -0.15) is 9.29 Å². The SMILES string of the molecule is CS(=O)(=O)N1CC=C(c2cc(F)c(-c3nc4nc(O[C@@H]5CO[C@H]6[C@@H]5OC[C@H]6O)[nH]c4cc3F)c(F)c2)CC1. The number of hydrogen-bond donors (Lipinski definition) is 2. The first-order valence-corrected chi connectivity index (χ1v) is 13.7. The largest absolute Gasteiger partial charge is 0.456 e. The molecule has 4 atom stereocenters. The standard InChI is InChI=1S/C24H23F3N4O6S/c1-38(33,34)31-4-2-11(3-5-31)12-6-13(25)19(14(26)7-12)20-15(27)8-16-23(29-20)30-24(28-16)37-18-10-36-21-17(32)9-35-22(18)21/h2,6-8,17-18,21-22,32H,3-5,9-10H2,1H3,(H,28,29,30)/t17-,18-,21-,22-/m1/s1. The highest BCUT2D eigenvalue weighted by molar-refractivity contribution is 7.88. The van der Waals surface area contributed by atoms with Crippen molar-refractivity contribution in [1.29, 1.82) is 0 Å². The number of aliphatic hydroxyl groups is 1. The fourth-order valence-electron chi connectivity index (χ4n) is 5.01. The van der Waals surface area contributed by atoms with Crippen LogP contribution in [0.15, 0.2) is 24.3 Å². The molecule has 38 heavy (non-hydrogen) atoms. The number of sulfonamides is 1. The zero-order valence-electron chi connectivity index (χ0n) is 20.0. The Morgan fingerprint density at radius 1 is 1.08 bits per heavy atom. The first kappa shape index (κ1) is 25.2. The van der Waals surface area contributed by atoms with Crippen LogP contribution in [0.4, 0.5) is 13.2 Å². The summed E-state index contributed by atoms with van der Waals surface area (Å²) in [7, 11) is -3.37. The van der Waals surface area contributed by atoms with E-state index in [1.807, 2.05) is 0 Å². The molecular formula is C24H23F3N4O6S. The van der Waals surface area contributed by atoms with Crippen LogP contribution < -0.4 is 4.74 Å². The Kier molecular flexibility index (Phi) is 6.18. The fourth-order valence-corrected chi connectivity index (χ4v) is 5.78. The molecule has 202 valence electrons. The molecule has 2 aromatic heterocycles. The highest BCUT2D eigenvalue weighted by atomic mass is 32.2. The van der Waals surface area contributed by atoms with E-state index in [9.17, 15) is 17.9 Å². The van der Waals surface area contributed by atoms with Crippen LogP contribution >= 0.6 is 0 Å². The Morgan fingerprint density at radius 2 is 1.82 bits per heavy atom. The van der Waals surface area contributed by atoms with E-state index in [4.69, 9.17) is 14.2 Å². The highest BCUT2D eigenvalue weighted by Crippen LogP contribution is 2.34. The van der Waals surface area contributed by atoms with Gasteiger partial charge in [-0.15, -0.1) is 0 Å². The van der Waals surface area contributed by atoms with Crippen molar-refractivity contribution < 1.29 is 40.9 Å². The van der Waals surface area contributed by atoms with Gasteiger partial charge in [0.05, 0.1) is 30.5 Å². The number of aromatic amines is 1. The Balaban J connectivity index is 1.27. The number of nitrogens with zero attached hydrogens (tertiary/aromatic N) is 3. The van der Waals surface area contributed by atoms with Crippen molar-refractivity contribution in [3.05, 3.63) is 47.3 Å². The second-order valence-electron chi connectivity index (χ2n) is 9.47. The maximum atomic E-state index is 15.1. The van der Waals surface area contributed by atoms with Crippen molar-refractivity contribution in [2.45, 2.75) is 30.8 Å². The minimum Gasteiger partial charge on any atom is -0.456 e. The lowest BCUT2D eigenvalue weighted by molar-refractivity contribution is 0.00706. The van der Waals surface area contributed by atoms with Crippen molar-refractivity contribution in [3.8, 4) is 17.3 Å². The predicted octanol–water partition coefficient (Wildman–Crippen LogP) is 2.00. The Bertz CT molecular complexity index is 1540. The highest BCUT2D eigenvalue weighted by Gasteiger charge is 2.48. The average molecular weight is 553 g/mol. The Labute approximate surface area is 215 Å². The van der Waals surface area contributed by atoms with Gasteiger partial charge >= 0.3 is 0 Å². The smallest absolute Gasteiger partial charge is 0.296 e. The van der Waals surface area contributed by atoms with Gasteiger partial charge in [0, 0.05) is 19.2 Å². The molecule has 0 spiro atoms. The molecule has 2 N–H and O–H groups in total.